The van der Waals surface area contributed by atoms with E-state index < -0.39 is 0 Å². The lowest BCUT2D eigenvalue weighted by atomic mass is 10.1. The van der Waals surface area contributed by atoms with E-state index in [0.29, 0.717) is 6.54 Å². The van der Waals surface area contributed by atoms with E-state index in [-0.39, 0.29) is 28.8 Å². The Morgan fingerprint density at radius 1 is 1.50 bits per heavy atom. The largest absolute Gasteiger partial charge is 0.396 e. The van der Waals surface area contributed by atoms with Gasteiger partial charge in [-0.15, -0.1) is 10.2 Å². The maximum Gasteiger partial charge on any atom is 0.271 e. The minimum atomic E-state index is -0.288. The molecule has 0 bridgehead atoms. The molecule has 2 rings (SSSR count). The van der Waals surface area contributed by atoms with Crippen molar-refractivity contribution in [3.63, 3.8) is 0 Å². The summed E-state index contributed by atoms with van der Waals surface area (Å²) in [5.74, 6) is -0.288. The summed E-state index contributed by atoms with van der Waals surface area (Å²) in [6.45, 7) is 0.590. The van der Waals surface area contributed by atoms with Crippen LogP contribution in [0.4, 0.5) is 0 Å². The summed E-state index contributed by atoms with van der Waals surface area (Å²) >= 11 is 5.56. The van der Waals surface area contributed by atoms with Crippen molar-refractivity contribution in [3.8, 4) is 0 Å². The van der Waals surface area contributed by atoms with Crippen LogP contribution in [0.1, 0.15) is 23.3 Å². The normalized spacial score (nSPS) is 16.9. The minimum absolute atomic E-state index is 0.102. The van der Waals surface area contributed by atoms with Crippen molar-refractivity contribution in [2.45, 2.75) is 12.8 Å². The molecule has 0 saturated heterocycles. The molecule has 1 fully saturated rings. The van der Waals surface area contributed by atoms with Crippen molar-refractivity contribution < 1.29 is 9.90 Å². The van der Waals surface area contributed by atoms with Crippen molar-refractivity contribution in [2.75, 3.05) is 13.2 Å². The van der Waals surface area contributed by atoms with Gasteiger partial charge in [-0.2, -0.15) is 0 Å². The third-order valence-corrected chi connectivity index (χ3v) is 2.98. The summed E-state index contributed by atoms with van der Waals surface area (Å²) in [5, 5.41) is 19.3. The summed E-state index contributed by atoms with van der Waals surface area (Å²) in [5.41, 5.74) is 0.133. The van der Waals surface area contributed by atoms with E-state index >= 15 is 0 Å². The highest BCUT2D eigenvalue weighted by atomic mass is 35.5. The van der Waals surface area contributed by atoms with Gasteiger partial charge in [0, 0.05) is 12.0 Å². The number of rotatable bonds is 4. The van der Waals surface area contributed by atoms with Gasteiger partial charge in [-0.1, -0.05) is 11.6 Å². The molecule has 0 unspecified atom stereocenters. The van der Waals surface area contributed by atoms with Gasteiger partial charge in [-0.25, -0.2) is 0 Å². The van der Waals surface area contributed by atoms with Crippen molar-refractivity contribution in [1.82, 2.24) is 15.5 Å². The van der Waals surface area contributed by atoms with Crippen LogP contribution in [0.15, 0.2) is 12.1 Å². The second-order valence-electron chi connectivity index (χ2n) is 4.08. The molecule has 5 nitrogen and oxygen atoms in total. The lowest BCUT2D eigenvalue weighted by Gasteiger charge is -2.11. The molecular weight excluding hydrogens is 230 g/mol. The zero-order chi connectivity index (χ0) is 11.6. The van der Waals surface area contributed by atoms with Crippen LogP contribution in [0.3, 0.4) is 0 Å². The van der Waals surface area contributed by atoms with Crippen LogP contribution >= 0.6 is 11.6 Å². The highest BCUT2D eigenvalue weighted by Gasteiger charge is 2.42. The van der Waals surface area contributed by atoms with E-state index in [2.05, 4.69) is 15.5 Å². The monoisotopic (exact) mass is 241 g/mol. The number of nitrogens with zero attached hydrogens (tertiary/aromatic N) is 2. The van der Waals surface area contributed by atoms with E-state index in [1.807, 2.05) is 0 Å². The Bertz CT molecular complexity index is 390. The number of aliphatic hydroxyl groups is 1. The zero-order valence-corrected chi connectivity index (χ0v) is 9.37. The summed E-state index contributed by atoms with van der Waals surface area (Å²) in [6, 6.07) is 3.03. The van der Waals surface area contributed by atoms with E-state index in [4.69, 9.17) is 16.7 Å². The first-order valence-electron chi connectivity index (χ1n) is 5.03. The van der Waals surface area contributed by atoms with E-state index in [1.165, 1.54) is 12.1 Å². The topological polar surface area (TPSA) is 75.1 Å². The molecular formula is C10H12ClN3O2. The van der Waals surface area contributed by atoms with E-state index in [9.17, 15) is 4.79 Å². The molecule has 2 N–H and O–H groups in total. The second kappa shape index (κ2) is 4.35. The summed E-state index contributed by atoms with van der Waals surface area (Å²) in [6.07, 6.45) is 1.91. The van der Waals surface area contributed by atoms with Gasteiger partial charge in [-0.3, -0.25) is 4.79 Å². The van der Waals surface area contributed by atoms with Gasteiger partial charge in [-0.05, 0) is 25.0 Å². The molecule has 1 aromatic heterocycles. The van der Waals surface area contributed by atoms with Gasteiger partial charge in [0.2, 0.25) is 0 Å². The number of hydrogen-bond donors (Lipinski definition) is 2. The highest BCUT2D eigenvalue weighted by Crippen LogP contribution is 2.44. The second-order valence-corrected chi connectivity index (χ2v) is 4.47. The molecule has 86 valence electrons. The molecule has 16 heavy (non-hydrogen) atoms. The molecule has 0 radical (unpaired) electrons. The Morgan fingerprint density at radius 3 is 2.75 bits per heavy atom. The first-order valence-corrected chi connectivity index (χ1v) is 5.41. The number of aromatic nitrogens is 2. The number of carbonyl (C=O) groups excluding carboxylic acids is 1. The van der Waals surface area contributed by atoms with Crippen LogP contribution < -0.4 is 5.32 Å². The summed E-state index contributed by atoms with van der Waals surface area (Å²) in [7, 11) is 0. The number of amides is 1. The molecule has 1 aliphatic carbocycles. The molecule has 1 aliphatic rings. The SMILES string of the molecule is O=C(NCC1(CO)CC1)c1ccc(Cl)nn1. The lowest BCUT2D eigenvalue weighted by molar-refractivity contribution is 0.0929. The molecule has 0 atom stereocenters. The van der Waals surface area contributed by atoms with Gasteiger partial charge >= 0.3 is 0 Å². The number of carbonyl (C=O) groups is 1. The van der Waals surface area contributed by atoms with Crippen LogP contribution in [-0.2, 0) is 0 Å². The number of hydrogen-bond acceptors (Lipinski definition) is 4. The van der Waals surface area contributed by atoms with Crippen molar-refractivity contribution in [2.24, 2.45) is 5.41 Å². The maximum atomic E-state index is 11.6. The van der Waals surface area contributed by atoms with Gasteiger partial charge in [0.15, 0.2) is 10.8 Å². The number of aliphatic hydroxyl groups excluding tert-OH is 1. The molecule has 1 heterocycles. The highest BCUT2D eigenvalue weighted by molar-refractivity contribution is 6.29. The van der Waals surface area contributed by atoms with Crippen LogP contribution in [0, 0.1) is 5.41 Å². The quantitative estimate of drug-likeness (QED) is 0.811. The fourth-order valence-electron chi connectivity index (χ4n) is 1.36. The van der Waals surface area contributed by atoms with Gasteiger partial charge in [0.1, 0.15) is 0 Å². The number of nitrogens with one attached hydrogen (secondary N) is 1. The summed E-state index contributed by atoms with van der Waals surface area (Å²) in [4.78, 5) is 11.6. The van der Waals surface area contributed by atoms with E-state index in [1.54, 1.807) is 0 Å². The maximum absolute atomic E-state index is 11.6. The smallest absolute Gasteiger partial charge is 0.271 e. The summed E-state index contributed by atoms with van der Waals surface area (Å²) < 4.78 is 0. The van der Waals surface area contributed by atoms with Crippen LogP contribution in [0.5, 0.6) is 0 Å². The molecule has 6 heteroatoms. The average molecular weight is 242 g/mol. The Kier molecular flexibility index (Phi) is 3.07. The first-order chi connectivity index (χ1) is 7.65. The molecule has 1 saturated carbocycles. The minimum Gasteiger partial charge on any atom is -0.396 e. The lowest BCUT2D eigenvalue weighted by Crippen LogP contribution is -2.32. The third kappa shape index (κ3) is 2.48. The van der Waals surface area contributed by atoms with E-state index in [0.717, 1.165) is 12.8 Å². The van der Waals surface area contributed by atoms with Crippen LogP contribution in [-0.4, -0.2) is 34.4 Å². The fourth-order valence-corrected chi connectivity index (χ4v) is 1.46. The van der Waals surface area contributed by atoms with Gasteiger partial charge < -0.3 is 10.4 Å². The molecule has 1 aromatic rings. The standard InChI is InChI=1S/C10H12ClN3O2/c11-8-2-1-7(13-14-8)9(16)12-5-10(6-15)3-4-10/h1-2,15H,3-6H2,(H,12,16). The zero-order valence-electron chi connectivity index (χ0n) is 8.61. The Hall–Kier alpha value is -1.20. The average Bonchev–Trinajstić information content (AvgIpc) is 3.08. The Balaban J connectivity index is 1.91. The van der Waals surface area contributed by atoms with Gasteiger partial charge in [0.05, 0.1) is 6.61 Å². The predicted molar refractivity (Wildman–Crippen MR) is 58.1 cm³/mol. The molecule has 0 aromatic carbocycles. The fraction of sp³-hybridized carbons (Fsp3) is 0.500. The van der Waals surface area contributed by atoms with Crippen molar-refractivity contribution in [1.29, 1.82) is 0 Å². The number of halogens is 1. The third-order valence-electron chi connectivity index (χ3n) is 2.78. The van der Waals surface area contributed by atoms with Crippen LogP contribution in [0.25, 0.3) is 0 Å². The van der Waals surface area contributed by atoms with Gasteiger partial charge in [0.25, 0.3) is 5.91 Å². The first kappa shape index (κ1) is 11.3. The van der Waals surface area contributed by atoms with Crippen LogP contribution in [0.2, 0.25) is 5.15 Å². The molecule has 0 aliphatic heterocycles. The van der Waals surface area contributed by atoms with Crippen molar-refractivity contribution >= 4 is 17.5 Å². The van der Waals surface area contributed by atoms with Crippen molar-refractivity contribution in [3.05, 3.63) is 23.0 Å². The Labute approximate surface area is 97.8 Å². The predicted octanol–water partition coefficient (Wildman–Crippen LogP) is 0.632. The molecule has 1 amide bonds. The molecule has 0 spiro atoms. The Morgan fingerprint density at radius 2 is 2.25 bits per heavy atom.